The summed E-state index contributed by atoms with van der Waals surface area (Å²) in [5, 5.41) is 9.92. The molecule has 3 aliphatic rings. The van der Waals surface area contributed by atoms with Crippen molar-refractivity contribution >= 4 is 17.3 Å². The van der Waals surface area contributed by atoms with Crippen LogP contribution >= 0.6 is 0 Å². The molecule has 0 saturated heterocycles. The molecule has 0 amide bonds. The topological polar surface area (TPSA) is 36.3 Å². The van der Waals surface area contributed by atoms with Crippen LogP contribution in [-0.4, -0.2) is 18.2 Å². The van der Waals surface area contributed by atoms with Crippen LogP contribution in [-0.2, 0) is 11.2 Å². The Morgan fingerprint density at radius 1 is 1.16 bits per heavy atom. The number of benzene rings is 2. The maximum atomic E-state index is 9.92. The van der Waals surface area contributed by atoms with E-state index in [1.54, 1.807) is 0 Å². The van der Waals surface area contributed by atoms with Gasteiger partial charge in [0.15, 0.2) is 6.19 Å². The van der Waals surface area contributed by atoms with E-state index in [0.717, 1.165) is 12.1 Å². The molecule has 2 heterocycles. The minimum absolute atomic E-state index is 0.0234. The predicted octanol–water partition coefficient (Wildman–Crippen LogP) is 4.17. The molecular weight excluding hydrogens is 308 g/mol. The number of nitrogens with zero attached hydrogens (tertiary/aromatic N) is 2. The summed E-state index contributed by atoms with van der Waals surface area (Å²) in [7, 11) is 0. The number of nitriles is 1. The molecule has 1 aliphatic carbocycles. The standard InChI is InChI=1S/C22H18N2O/c1-15-21-18-8-4-2-6-16(18)10-11-20(21)25-13-22(15)12-17-7-3-5-9-19(17)24(22)14-23/h2-11,20H,12-13H2,1H3. The largest absolute Gasteiger partial charge is 0.367 e. The summed E-state index contributed by atoms with van der Waals surface area (Å²) in [6.45, 7) is 2.71. The molecule has 122 valence electrons. The van der Waals surface area contributed by atoms with Crippen molar-refractivity contribution in [2.24, 2.45) is 0 Å². The third-order valence-electron chi connectivity index (χ3n) is 5.83. The van der Waals surface area contributed by atoms with Crippen LogP contribution < -0.4 is 4.90 Å². The summed E-state index contributed by atoms with van der Waals surface area (Å²) >= 11 is 0. The minimum atomic E-state index is -0.414. The van der Waals surface area contributed by atoms with Crippen LogP contribution in [0.25, 0.3) is 11.6 Å². The Balaban J connectivity index is 1.74. The molecule has 0 aromatic heterocycles. The summed E-state index contributed by atoms with van der Waals surface area (Å²) in [5.41, 5.74) is 6.71. The van der Waals surface area contributed by atoms with Crippen molar-refractivity contribution < 1.29 is 4.74 Å². The van der Waals surface area contributed by atoms with E-state index >= 15 is 0 Å². The Hall–Kier alpha value is -2.83. The van der Waals surface area contributed by atoms with Gasteiger partial charge in [0, 0.05) is 6.42 Å². The van der Waals surface area contributed by atoms with Crippen molar-refractivity contribution in [3.05, 3.63) is 76.9 Å². The van der Waals surface area contributed by atoms with Gasteiger partial charge in [0.2, 0.25) is 0 Å². The molecule has 0 N–H and O–H groups in total. The van der Waals surface area contributed by atoms with Crippen molar-refractivity contribution in [1.29, 1.82) is 5.26 Å². The van der Waals surface area contributed by atoms with Crippen LogP contribution in [0.2, 0.25) is 0 Å². The highest BCUT2D eigenvalue weighted by Crippen LogP contribution is 2.49. The number of anilines is 1. The Labute approximate surface area is 147 Å². The van der Waals surface area contributed by atoms with Gasteiger partial charge in [-0.05, 0) is 40.8 Å². The van der Waals surface area contributed by atoms with Gasteiger partial charge in [-0.1, -0.05) is 54.6 Å². The number of ether oxygens (including phenoxy) is 1. The van der Waals surface area contributed by atoms with Crippen LogP contribution in [0.5, 0.6) is 0 Å². The second-order valence-electron chi connectivity index (χ2n) is 6.99. The zero-order valence-corrected chi connectivity index (χ0v) is 14.1. The van der Waals surface area contributed by atoms with Crippen LogP contribution in [0.1, 0.15) is 23.6 Å². The van der Waals surface area contributed by atoms with Crippen molar-refractivity contribution in [3.8, 4) is 6.19 Å². The predicted molar refractivity (Wildman–Crippen MR) is 98.8 cm³/mol. The number of hydrogen-bond acceptors (Lipinski definition) is 3. The molecule has 0 saturated carbocycles. The Kier molecular flexibility index (Phi) is 2.95. The molecule has 2 aliphatic heterocycles. The summed E-state index contributed by atoms with van der Waals surface area (Å²) in [4.78, 5) is 1.86. The first-order valence-corrected chi connectivity index (χ1v) is 8.63. The van der Waals surface area contributed by atoms with E-state index in [0.29, 0.717) is 6.61 Å². The maximum absolute atomic E-state index is 9.92. The Bertz CT molecular complexity index is 982. The monoisotopic (exact) mass is 326 g/mol. The van der Waals surface area contributed by atoms with Gasteiger partial charge in [-0.25, -0.2) is 0 Å². The molecule has 2 aromatic rings. The van der Waals surface area contributed by atoms with Crippen molar-refractivity contribution in [1.82, 2.24) is 0 Å². The zero-order valence-electron chi connectivity index (χ0n) is 14.1. The third kappa shape index (κ3) is 1.83. The number of para-hydroxylation sites is 1. The second-order valence-corrected chi connectivity index (χ2v) is 6.99. The summed E-state index contributed by atoms with van der Waals surface area (Å²) in [6.07, 6.45) is 7.49. The molecular formula is C22H18N2O. The maximum Gasteiger partial charge on any atom is 0.185 e. The lowest BCUT2D eigenvalue weighted by molar-refractivity contribution is 0.0749. The highest BCUT2D eigenvalue weighted by atomic mass is 16.5. The third-order valence-corrected chi connectivity index (χ3v) is 5.83. The average molecular weight is 326 g/mol. The molecule has 2 aromatic carbocycles. The van der Waals surface area contributed by atoms with Crippen LogP contribution in [0.15, 0.2) is 60.2 Å². The van der Waals surface area contributed by atoms with Crippen LogP contribution in [0, 0.1) is 11.5 Å². The van der Waals surface area contributed by atoms with E-state index in [1.165, 1.54) is 27.8 Å². The number of fused-ring (bicyclic) bond motifs is 4. The van der Waals surface area contributed by atoms with Gasteiger partial charge in [-0.3, -0.25) is 4.90 Å². The quantitative estimate of drug-likeness (QED) is 0.682. The first-order chi connectivity index (χ1) is 12.2. The SMILES string of the molecule is CC1=C2c3ccccc3C=CC2OCC12Cc1ccccc1N2C#N. The van der Waals surface area contributed by atoms with Gasteiger partial charge in [-0.15, -0.1) is 0 Å². The Morgan fingerprint density at radius 3 is 2.84 bits per heavy atom. The molecule has 3 nitrogen and oxygen atoms in total. The van der Waals surface area contributed by atoms with Gasteiger partial charge in [0.05, 0.1) is 12.3 Å². The number of rotatable bonds is 0. The van der Waals surface area contributed by atoms with Gasteiger partial charge < -0.3 is 4.74 Å². The lowest BCUT2D eigenvalue weighted by atomic mass is 9.76. The van der Waals surface area contributed by atoms with Crippen LogP contribution in [0.3, 0.4) is 0 Å². The Morgan fingerprint density at radius 2 is 1.96 bits per heavy atom. The summed E-state index contributed by atoms with van der Waals surface area (Å²) in [6, 6.07) is 16.6. The van der Waals surface area contributed by atoms with E-state index in [1.807, 2.05) is 23.1 Å². The van der Waals surface area contributed by atoms with Crippen molar-refractivity contribution in [3.63, 3.8) is 0 Å². The molecule has 0 fully saturated rings. The molecule has 25 heavy (non-hydrogen) atoms. The smallest absolute Gasteiger partial charge is 0.185 e. The highest BCUT2D eigenvalue weighted by molar-refractivity contribution is 5.87. The molecule has 0 radical (unpaired) electrons. The molecule has 2 atom stereocenters. The lowest BCUT2D eigenvalue weighted by Crippen LogP contribution is -2.53. The zero-order chi connectivity index (χ0) is 17.0. The fourth-order valence-corrected chi connectivity index (χ4v) is 4.54. The van der Waals surface area contributed by atoms with E-state index < -0.39 is 5.54 Å². The van der Waals surface area contributed by atoms with Gasteiger partial charge in [0.25, 0.3) is 0 Å². The molecule has 1 spiro atoms. The summed E-state index contributed by atoms with van der Waals surface area (Å²) < 4.78 is 6.27. The second kappa shape index (κ2) is 5.08. The van der Waals surface area contributed by atoms with Crippen molar-refractivity contribution in [2.45, 2.75) is 25.0 Å². The van der Waals surface area contributed by atoms with Gasteiger partial charge >= 0.3 is 0 Å². The van der Waals surface area contributed by atoms with Crippen LogP contribution in [0.4, 0.5) is 5.69 Å². The fourth-order valence-electron chi connectivity index (χ4n) is 4.54. The molecule has 0 bridgehead atoms. The lowest BCUT2D eigenvalue weighted by Gasteiger charge is -2.44. The normalized spacial score (nSPS) is 26.2. The average Bonchev–Trinajstić information content (AvgIpc) is 2.98. The van der Waals surface area contributed by atoms with E-state index in [2.05, 4.69) is 55.6 Å². The first-order valence-electron chi connectivity index (χ1n) is 8.63. The fraction of sp³-hybridized carbons (Fsp3) is 0.227. The molecule has 2 unspecified atom stereocenters. The minimum Gasteiger partial charge on any atom is -0.367 e. The first kappa shape index (κ1) is 14.5. The van der Waals surface area contributed by atoms with Crippen molar-refractivity contribution in [2.75, 3.05) is 11.5 Å². The molecule has 5 rings (SSSR count). The highest BCUT2D eigenvalue weighted by Gasteiger charge is 2.50. The number of hydrogen-bond donors (Lipinski definition) is 0. The summed E-state index contributed by atoms with van der Waals surface area (Å²) in [5.74, 6) is 0. The van der Waals surface area contributed by atoms with E-state index in [9.17, 15) is 5.26 Å². The van der Waals surface area contributed by atoms with E-state index in [-0.39, 0.29) is 6.10 Å². The van der Waals surface area contributed by atoms with Gasteiger partial charge in [-0.2, -0.15) is 5.26 Å². The van der Waals surface area contributed by atoms with Gasteiger partial charge in [0.1, 0.15) is 11.6 Å². The van der Waals surface area contributed by atoms with E-state index in [4.69, 9.17) is 4.74 Å². The molecule has 3 heteroatoms.